The maximum absolute atomic E-state index is 13.8. The summed E-state index contributed by atoms with van der Waals surface area (Å²) in [4.78, 5) is 12.9. The summed E-state index contributed by atoms with van der Waals surface area (Å²) >= 11 is 1.10. The quantitative estimate of drug-likeness (QED) is 0.348. The fourth-order valence-electron chi connectivity index (χ4n) is 4.57. The van der Waals surface area contributed by atoms with Gasteiger partial charge in [0.2, 0.25) is 0 Å². The van der Waals surface area contributed by atoms with Gasteiger partial charge in [0.15, 0.2) is 0 Å². The van der Waals surface area contributed by atoms with Crippen LogP contribution in [0.25, 0.3) is 0 Å². The Hall–Kier alpha value is -1.05. The van der Waals surface area contributed by atoms with Crippen LogP contribution in [0, 0.1) is 0 Å². The van der Waals surface area contributed by atoms with Crippen LogP contribution >= 0.6 is 19.9 Å². The summed E-state index contributed by atoms with van der Waals surface area (Å²) in [5, 5.41) is 0. The number of rotatable bonds is 6. The van der Waals surface area contributed by atoms with Gasteiger partial charge in [-0.25, -0.2) is 13.7 Å². The van der Waals surface area contributed by atoms with E-state index in [2.05, 4.69) is 13.8 Å². The molecule has 0 N–H and O–H groups in total. The molecule has 172 valence electrons. The van der Waals surface area contributed by atoms with E-state index in [1.165, 1.54) is 4.31 Å². The number of hydrogen-bond acceptors (Lipinski definition) is 6. The second-order valence-electron chi connectivity index (χ2n) is 8.92. The minimum absolute atomic E-state index is 0.0502. The molecule has 1 aromatic rings. The van der Waals surface area contributed by atoms with Gasteiger partial charge < -0.3 is 4.74 Å². The molecule has 0 radical (unpaired) electrons. The van der Waals surface area contributed by atoms with E-state index in [4.69, 9.17) is 13.8 Å². The average molecular weight is 469 g/mol. The smallest absolute Gasteiger partial charge is 0.409 e. The predicted octanol–water partition coefficient (Wildman–Crippen LogP) is 6.51. The summed E-state index contributed by atoms with van der Waals surface area (Å²) in [6.45, 7) is 4.12. The van der Waals surface area contributed by atoms with E-state index in [1.54, 1.807) is 17.2 Å². The minimum atomic E-state index is -3.49. The molecule has 0 bridgehead atoms. The molecule has 2 unspecified atom stereocenters. The molecular weight excluding hydrogens is 435 g/mol. The number of carbonyl (C=O) groups excluding carboxylic acids is 1. The first-order chi connectivity index (χ1) is 14.9. The van der Waals surface area contributed by atoms with Crippen molar-refractivity contribution in [3.05, 3.63) is 29.8 Å². The number of nitrogens with zero attached hydrogens (tertiary/aromatic N) is 2. The Morgan fingerprint density at radius 3 is 2.26 bits per heavy atom. The Morgan fingerprint density at radius 1 is 1.06 bits per heavy atom. The highest BCUT2D eigenvalue weighted by molar-refractivity contribution is 7.99. The first-order valence-electron chi connectivity index (χ1n) is 11.4. The van der Waals surface area contributed by atoms with Crippen molar-refractivity contribution in [1.82, 2.24) is 8.38 Å². The highest BCUT2D eigenvalue weighted by Gasteiger charge is 2.52. The van der Waals surface area contributed by atoms with Crippen molar-refractivity contribution in [3.63, 3.8) is 0 Å². The van der Waals surface area contributed by atoms with E-state index in [1.807, 2.05) is 18.2 Å². The van der Waals surface area contributed by atoms with Crippen LogP contribution in [0.15, 0.2) is 24.3 Å². The van der Waals surface area contributed by atoms with Gasteiger partial charge in [0.1, 0.15) is 5.75 Å². The Labute approximate surface area is 189 Å². The third-order valence-corrected chi connectivity index (χ3v) is 9.82. The Balaban J connectivity index is 1.48. The first-order valence-corrected chi connectivity index (χ1v) is 13.6. The average Bonchev–Trinajstić information content (AvgIpc) is 3.39. The van der Waals surface area contributed by atoms with Gasteiger partial charge in [0, 0.05) is 13.1 Å². The molecule has 1 aliphatic heterocycles. The van der Waals surface area contributed by atoms with E-state index < -0.39 is 13.8 Å². The van der Waals surface area contributed by atoms with E-state index in [-0.39, 0.29) is 24.2 Å². The second kappa shape index (κ2) is 9.84. The van der Waals surface area contributed by atoms with Crippen LogP contribution in [0.4, 0.5) is 4.79 Å². The molecule has 7 nitrogen and oxygen atoms in total. The lowest BCUT2D eigenvalue weighted by molar-refractivity contribution is 0.110. The lowest BCUT2D eigenvalue weighted by Gasteiger charge is -2.32. The van der Waals surface area contributed by atoms with Gasteiger partial charge in [-0.05, 0) is 43.2 Å². The molecule has 1 saturated heterocycles. The van der Waals surface area contributed by atoms with E-state index in [9.17, 15) is 9.36 Å². The Morgan fingerprint density at radius 2 is 1.65 bits per heavy atom. The maximum atomic E-state index is 13.8. The highest BCUT2D eigenvalue weighted by atomic mass is 32.2. The van der Waals surface area contributed by atoms with Crippen LogP contribution in [0.2, 0.25) is 0 Å². The van der Waals surface area contributed by atoms with E-state index in [0.717, 1.165) is 69.1 Å². The van der Waals surface area contributed by atoms with Crippen LogP contribution in [-0.4, -0.2) is 39.8 Å². The van der Waals surface area contributed by atoms with Crippen LogP contribution in [0.1, 0.15) is 76.7 Å². The number of para-hydroxylation sites is 1. The van der Waals surface area contributed by atoms with Gasteiger partial charge in [-0.2, -0.15) is 0 Å². The summed E-state index contributed by atoms with van der Waals surface area (Å²) in [6.07, 6.45) is 7.14. The molecule has 3 aliphatic rings. The molecule has 1 heterocycles. The molecule has 2 saturated carbocycles. The molecule has 4 rings (SSSR count). The van der Waals surface area contributed by atoms with Crippen molar-refractivity contribution in [2.75, 3.05) is 7.05 Å². The van der Waals surface area contributed by atoms with E-state index >= 15 is 0 Å². The van der Waals surface area contributed by atoms with Gasteiger partial charge in [0.25, 0.3) is 0 Å². The maximum Gasteiger partial charge on any atom is 0.426 e. The van der Waals surface area contributed by atoms with Crippen molar-refractivity contribution >= 4 is 26.0 Å². The van der Waals surface area contributed by atoms with Gasteiger partial charge in [0.05, 0.1) is 24.3 Å². The summed E-state index contributed by atoms with van der Waals surface area (Å²) in [6, 6.07) is 7.61. The molecule has 2 aliphatic carbocycles. The van der Waals surface area contributed by atoms with Gasteiger partial charge in [-0.15, -0.1) is 4.08 Å². The number of ether oxygens (including phenoxy) is 1. The summed E-state index contributed by atoms with van der Waals surface area (Å²) in [5.74, 6) is 0.782. The SMILES string of the molecule is CC(C)c1ccccc1OC(=O)N(C)SN(C1CCCC1)P1(=O)OC2CCCCC2O1. The van der Waals surface area contributed by atoms with Crippen LogP contribution in [0.3, 0.4) is 0 Å². The number of fused-ring (bicyclic) bond motifs is 1. The van der Waals surface area contributed by atoms with Crippen LogP contribution in [-0.2, 0) is 13.6 Å². The first kappa shape index (κ1) is 23.1. The highest BCUT2D eigenvalue weighted by Crippen LogP contribution is 2.65. The number of benzene rings is 1. The van der Waals surface area contributed by atoms with Crippen molar-refractivity contribution in [3.8, 4) is 5.75 Å². The zero-order valence-electron chi connectivity index (χ0n) is 18.6. The Kier molecular flexibility index (Phi) is 7.34. The van der Waals surface area contributed by atoms with Crippen LogP contribution < -0.4 is 4.74 Å². The van der Waals surface area contributed by atoms with Gasteiger partial charge in [-0.3, -0.25) is 9.05 Å². The predicted molar refractivity (Wildman–Crippen MR) is 122 cm³/mol. The number of amides is 1. The van der Waals surface area contributed by atoms with Crippen molar-refractivity contribution in [2.45, 2.75) is 89.4 Å². The molecule has 2 atom stereocenters. The Bertz CT molecular complexity index is 814. The zero-order chi connectivity index (χ0) is 22.0. The van der Waals surface area contributed by atoms with Crippen molar-refractivity contribution < 1.29 is 23.1 Å². The molecule has 31 heavy (non-hydrogen) atoms. The lowest BCUT2D eigenvalue weighted by Crippen LogP contribution is -2.33. The van der Waals surface area contributed by atoms with Gasteiger partial charge >= 0.3 is 13.8 Å². The fraction of sp³-hybridized carbons (Fsp3) is 0.682. The summed E-state index contributed by atoms with van der Waals surface area (Å²) in [5.41, 5.74) is 0.973. The summed E-state index contributed by atoms with van der Waals surface area (Å²) in [7, 11) is -1.85. The number of hydrogen-bond donors (Lipinski definition) is 0. The topological polar surface area (TPSA) is 68.3 Å². The lowest BCUT2D eigenvalue weighted by atomic mass is 9.95. The van der Waals surface area contributed by atoms with Gasteiger partial charge in [-0.1, -0.05) is 57.7 Å². The van der Waals surface area contributed by atoms with Crippen molar-refractivity contribution in [1.29, 1.82) is 0 Å². The fourth-order valence-corrected chi connectivity index (χ4v) is 8.22. The second-order valence-corrected chi connectivity index (χ2v) is 12.1. The summed E-state index contributed by atoms with van der Waals surface area (Å²) < 4.78 is 34.7. The third-order valence-electron chi connectivity index (χ3n) is 6.26. The van der Waals surface area contributed by atoms with E-state index in [0.29, 0.717) is 5.75 Å². The largest absolute Gasteiger partial charge is 0.426 e. The third kappa shape index (κ3) is 5.14. The van der Waals surface area contributed by atoms with Crippen molar-refractivity contribution in [2.24, 2.45) is 0 Å². The monoisotopic (exact) mass is 468 g/mol. The molecular formula is C22H33N2O5PS. The normalized spacial score (nSPS) is 28.8. The molecule has 9 heteroatoms. The molecule has 0 aromatic heterocycles. The molecule has 1 amide bonds. The minimum Gasteiger partial charge on any atom is -0.409 e. The molecule has 0 spiro atoms. The zero-order valence-corrected chi connectivity index (χ0v) is 20.3. The molecule has 3 fully saturated rings. The molecule has 1 aromatic carbocycles. The standard InChI is InChI=1S/C22H33N2O5PS/c1-16(2)18-12-6-7-13-19(18)27-22(25)23(3)31-24(17-10-4-5-11-17)30(26)28-20-14-8-9-15-21(20)29-30/h6-7,12-13,16-17,20-21H,4-5,8-11,14-15H2,1-3H3. The number of carbonyl (C=O) groups is 1. The van der Waals surface area contributed by atoms with Crippen LogP contribution in [0.5, 0.6) is 5.75 Å².